The molecule has 1 amide bonds. The Kier molecular flexibility index (Phi) is 7.14. The van der Waals surface area contributed by atoms with Crippen molar-refractivity contribution in [3.8, 4) is 0 Å². The summed E-state index contributed by atoms with van der Waals surface area (Å²) in [5.41, 5.74) is -1.61. The van der Waals surface area contributed by atoms with Gasteiger partial charge in [0.2, 0.25) is 0 Å². The summed E-state index contributed by atoms with van der Waals surface area (Å²) >= 11 is 3.31. The number of benzene rings is 1. The second-order valence-electron chi connectivity index (χ2n) is 4.55. The van der Waals surface area contributed by atoms with Gasteiger partial charge in [-0.15, -0.1) is 0 Å². The molecule has 0 atom stereocenters. The van der Waals surface area contributed by atoms with Crippen molar-refractivity contribution in [1.29, 1.82) is 0 Å². The van der Waals surface area contributed by atoms with E-state index in [0.29, 0.717) is 18.7 Å². The zero-order valence-corrected chi connectivity index (χ0v) is 12.9. The quantitative estimate of drug-likeness (QED) is 0.427. The minimum Gasteiger partial charge on any atom is -0.352 e. The second kappa shape index (κ2) is 8.36. The lowest BCUT2D eigenvalue weighted by Crippen LogP contribution is -2.25. The number of unbranched alkanes of at least 4 members (excludes halogenated alkanes) is 3. The van der Waals surface area contributed by atoms with Crippen molar-refractivity contribution < 1.29 is 22.4 Å². The molecule has 1 aromatic rings. The Morgan fingerprint density at radius 2 is 1.81 bits per heavy atom. The minimum absolute atomic E-state index is 0.191. The lowest BCUT2D eigenvalue weighted by Gasteiger charge is -2.10. The molecule has 0 aliphatic rings. The monoisotopic (exact) mass is 369 g/mol. The summed E-state index contributed by atoms with van der Waals surface area (Å²) in [5.74, 6) is -2.00. The number of rotatable bonds is 7. The van der Waals surface area contributed by atoms with Gasteiger partial charge in [0.1, 0.15) is 5.82 Å². The summed E-state index contributed by atoms with van der Waals surface area (Å²) in [6.07, 6.45) is -1.05. The normalized spacial score (nSPS) is 11.5. The molecular formula is C14H16BrF4NO. The first-order chi connectivity index (χ1) is 9.86. The number of hydrogen-bond acceptors (Lipinski definition) is 1. The van der Waals surface area contributed by atoms with Crippen molar-refractivity contribution in [2.45, 2.75) is 31.9 Å². The van der Waals surface area contributed by atoms with E-state index in [2.05, 4.69) is 21.2 Å². The number of carbonyl (C=O) groups is 1. The third kappa shape index (κ3) is 6.03. The SMILES string of the molecule is O=C(NCCCCCCBr)c1ccc(F)c(C(F)(F)F)c1. The third-order valence-corrected chi connectivity index (χ3v) is 3.44. The Morgan fingerprint density at radius 1 is 1.14 bits per heavy atom. The van der Waals surface area contributed by atoms with Crippen LogP contribution in [0.4, 0.5) is 17.6 Å². The van der Waals surface area contributed by atoms with E-state index < -0.39 is 23.5 Å². The van der Waals surface area contributed by atoms with E-state index in [4.69, 9.17) is 0 Å². The van der Waals surface area contributed by atoms with E-state index >= 15 is 0 Å². The van der Waals surface area contributed by atoms with E-state index in [-0.39, 0.29) is 5.56 Å². The molecule has 0 spiro atoms. The topological polar surface area (TPSA) is 29.1 Å². The van der Waals surface area contributed by atoms with Gasteiger partial charge in [0, 0.05) is 17.4 Å². The van der Waals surface area contributed by atoms with Crippen LogP contribution in [0.15, 0.2) is 18.2 Å². The van der Waals surface area contributed by atoms with Crippen LogP contribution >= 0.6 is 15.9 Å². The molecule has 0 fully saturated rings. The highest BCUT2D eigenvalue weighted by molar-refractivity contribution is 9.09. The van der Waals surface area contributed by atoms with E-state index in [1.807, 2.05) is 0 Å². The van der Waals surface area contributed by atoms with Gasteiger partial charge >= 0.3 is 6.18 Å². The highest BCUT2D eigenvalue weighted by Crippen LogP contribution is 2.31. The van der Waals surface area contributed by atoms with Gasteiger partial charge in [-0.1, -0.05) is 28.8 Å². The molecule has 0 bridgehead atoms. The molecule has 1 N–H and O–H groups in total. The van der Waals surface area contributed by atoms with Crippen molar-refractivity contribution >= 4 is 21.8 Å². The summed E-state index contributed by atoms with van der Waals surface area (Å²) in [6, 6.07) is 2.24. The van der Waals surface area contributed by atoms with Crippen LogP contribution in [-0.2, 0) is 6.18 Å². The molecule has 118 valence electrons. The smallest absolute Gasteiger partial charge is 0.352 e. The van der Waals surface area contributed by atoms with Crippen LogP contribution in [0.5, 0.6) is 0 Å². The zero-order valence-electron chi connectivity index (χ0n) is 11.3. The Morgan fingerprint density at radius 3 is 2.43 bits per heavy atom. The van der Waals surface area contributed by atoms with E-state index in [9.17, 15) is 22.4 Å². The average Bonchev–Trinajstić information content (AvgIpc) is 2.41. The van der Waals surface area contributed by atoms with Crippen LogP contribution in [0.2, 0.25) is 0 Å². The first kappa shape index (κ1) is 17.9. The van der Waals surface area contributed by atoms with Crippen LogP contribution in [-0.4, -0.2) is 17.8 Å². The van der Waals surface area contributed by atoms with Crippen LogP contribution in [0.3, 0.4) is 0 Å². The molecule has 1 rings (SSSR count). The van der Waals surface area contributed by atoms with E-state index in [0.717, 1.165) is 37.1 Å². The summed E-state index contributed by atoms with van der Waals surface area (Å²) in [4.78, 5) is 11.7. The molecule has 0 heterocycles. The first-order valence-electron chi connectivity index (χ1n) is 6.57. The predicted molar refractivity (Wildman–Crippen MR) is 76.0 cm³/mol. The fourth-order valence-electron chi connectivity index (χ4n) is 1.76. The largest absolute Gasteiger partial charge is 0.419 e. The van der Waals surface area contributed by atoms with Crippen LogP contribution in [0.25, 0.3) is 0 Å². The van der Waals surface area contributed by atoms with Gasteiger partial charge in [0.05, 0.1) is 5.56 Å². The Labute approximate surface area is 129 Å². The van der Waals surface area contributed by atoms with Crippen LogP contribution in [0, 0.1) is 5.82 Å². The number of alkyl halides is 4. The number of hydrogen-bond donors (Lipinski definition) is 1. The molecule has 0 radical (unpaired) electrons. The average molecular weight is 370 g/mol. The summed E-state index contributed by atoms with van der Waals surface area (Å²) < 4.78 is 50.7. The minimum atomic E-state index is -4.81. The van der Waals surface area contributed by atoms with Crippen molar-refractivity contribution in [2.75, 3.05) is 11.9 Å². The summed E-state index contributed by atoms with van der Waals surface area (Å²) in [7, 11) is 0. The van der Waals surface area contributed by atoms with E-state index in [1.54, 1.807) is 0 Å². The van der Waals surface area contributed by atoms with Crippen molar-refractivity contribution in [2.24, 2.45) is 0 Å². The first-order valence-corrected chi connectivity index (χ1v) is 7.69. The fourth-order valence-corrected chi connectivity index (χ4v) is 2.16. The fraction of sp³-hybridized carbons (Fsp3) is 0.500. The highest BCUT2D eigenvalue weighted by atomic mass is 79.9. The molecule has 21 heavy (non-hydrogen) atoms. The number of halogens is 5. The molecule has 7 heteroatoms. The molecular weight excluding hydrogens is 354 g/mol. The standard InChI is InChI=1S/C14H16BrF4NO/c15-7-3-1-2-4-8-20-13(21)10-5-6-12(16)11(9-10)14(17,18)19/h5-6,9H,1-4,7-8H2,(H,20,21). The maximum absolute atomic E-state index is 13.1. The van der Waals surface area contributed by atoms with E-state index in [1.165, 1.54) is 0 Å². The molecule has 0 unspecified atom stereocenters. The molecule has 0 saturated heterocycles. The molecule has 2 nitrogen and oxygen atoms in total. The van der Waals surface area contributed by atoms with Gasteiger partial charge in [-0.25, -0.2) is 4.39 Å². The lowest BCUT2D eigenvalue weighted by atomic mass is 10.1. The number of amides is 1. The predicted octanol–water partition coefficient (Wildman–Crippen LogP) is 4.53. The highest BCUT2D eigenvalue weighted by Gasteiger charge is 2.34. The second-order valence-corrected chi connectivity index (χ2v) is 5.34. The van der Waals surface area contributed by atoms with Gasteiger partial charge in [-0.3, -0.25) is 4.79 Å². The Bertz CT molecular complexity index is 477. The van der Waals surface area contributed by atoms with Crippen LogP contribution in [0.1, 0.15) is 41.6 Å². The van der Waals surface area contributed by atoms with Gasteiger partial charge in [-0.2, -0.15) is 13.2 Å². The molecule has 1 aromatic carbocycles. The maximum Gasteiger partial charge on any atom is 0.419 e. The lowest BCUT2D eigenvalue weighted by molar-refractivity contribution is -0.140. The molecule has 0 aliphatic carbocycles. The van der Waals surface area contributed by atoms with Crippen molar-refractivity contribution in [1.82, 2.24) is 5.32 Å². The third-order valence-electron chi connectivity index (χ3n) is 2.88. The van der Waals surface area contributed by atoms with Gasteiger partial charge in [-0.05, 0) is 31.0 Å². The molecule has 0 aromatic heterocycles. The summed E-state index contributed by atoms with van der Waals surface area (Å²) in [6.45, 7) is 0.389. The van der Waals surface area contributed by atoms with Crippen molar-refractivity contribution in [3.05, 3.63) is 35.1 Å². The zero-order chi connectivity index (χ0) is 15.9. The van der Waals surface area contributed by atoms with Crippen LogP contribution < -0.4 is 5.32 Å². The van der Waals surface area contributed by atoms with Crippen molar-refractivity contribution in [3.63, 3.8) is 0 Å². The van der Waals surface area contributed by atoms with Gasteiger partial charge in [0.25, 0.3) is 5.91 Å². The van der Waals surface area contributed by atoms with Gasteiger partial charge < -0.3 is 5.32 Å². The van der Waals surface area contributed by atoms with Gasteiger partial charge in [0.15, 0.2) is 0 Å². The Balaban J connectivity index is 2.55. The maximum atomic E-state index is 13.1. The number of carbonyl (C=O) groups excluding carboxylic acids is 1. The summed E-state index contributed by atoms with van der Waals surface area (Å²) in [5, 5.41) is 3.46. The molecule has 0 aliphatic heterocycles. The molecule has 0 saturated carbocycles. The Hall–Kier alpha value is -1.11. The number of nitrogens with one attached hydrogen (secondary N) is 1.